The molecule has 0 radical (unpaired) electrons. The van der Waals surface area contributed by atoms with Crippen molar-refractivity contribution in [2.75, 3.05) is 6.54 Å². The van der Waals surface area contributed by atoms with E-state index in [-0.39, 0.29) is 6.10 Å². The second-order valence-corrected chi connectivity index (χ2v) is 5.04. The predicted octanol–water partition coefficient (Wildman–Crippen LogP) is 2.30. The van der Waals surface area contributed by atoms with Crippen molar-refractivity contribution in [3.63, 3.8) is 0 Å². The summed E-state index contributed by atoms with van der Waals surface area (Å²) >= 11 is 6.12. The molecule has 0 heterocycles. The SMILES string of the molecule is Cc1ccc(CC(O)CNC2CC2)c(Cl)c1. The Hall–Kier alpha value is -0.570. The van der Waals surface area contributed by atoms with Gasteiger partial charge in [-0.2, -0.15) is 0 Å². The molecule has 1 aromatic rings. The Kier molecular flexibility index (Phi) is 3.85. The Balaban J connectivity index is 1.86. The molecule has 3 heteroatoms. The number of aryl methyl sites for hydroxylation is 1. The Morgan fingerprint density at radius 2 is 2.25 bits per heavy atom. The summed E-state index contributed by atoms with van der Waals surface area (Å²) in [7, 11) is 0. The van der Waals surface area contributed by atoms with E-state index in [0.717, 1.165) is 16.1 Å². The van der Waals surface area contributed by atoms with Crippen molar-refractivity contribution in [3.05, 3.63) is 34.3 Å². The fourth-order valence-corrected chi connectivity index (χ4v) is 2.05. The maximum atomic E-state index is 9.85. The number of nitrogens with one attached hydrogen (secondary N) is 1. The number of halogens is 1. The van der Waals surface area contributed by atoms with Gasteiger partial charge in [-0.1, -0.05) is 23.7 Å². The van der Waals surface area contributed by atoms with Crippen molar-refractivity contribution in [1.82, 2.24) is 5.32 Å². The number of hydrogen-bond acceptors (Lipinski definition) is 2. The zero-order valence-electron chi connectivity index (χ0n) is 9.54. The molecule has 0 saturated heterocycles. The van der Waals surface area contributed by atoms with Gasteiger partial charge in [0.1, 0.15) is 0 Å². The molecule has 2 N–H and O–H groups in total. The summed E-state index contributed by atoms with van der Waals surface area (Å²) in [5, 5.41) is 13.9. The van der Waals surface area contributed by atoms with Crippen molar-refractivity contribution >= 4 is 11.6 Å². The van der Waals surface area contributed by atoms with E-state index < -0.39 is 0 Å². The molecule has 1 aromatic carbocycles. The Bertz CT molecular complexity index is 363. The fraction of sp³-hybridized carbons (Fsp3) is 0.538. The summed E-state index contributed by atoms with van der Waals surface area (Å²) < 4.78 is 0. The van der Waals surface area contributed by atoms with Crippen LogP contribution in [-0.4, -0.2) is 23.8 Å². The highest BCUT2D eigenvalue weighted by atomic mass is 35.5. The lowest BCUT2D eigenvalue weighted by Crippen LogP contribution is -2.29. The van der Waals surface area contributed by atoms with Crippen molar-refractivity contribution < 1.29 is 5.11 Å². The van der Waals surface area contributed by atoms with E-state index in [1.165, 1.54) is 12.8 Å². The lowest BCUT2D eigenvalue weighted by atomic mass is 10.1. The van der Waals surface area contributed by atoms with Crippen LogP contribution in [0.2, 0.25) is 5.02 Å². The van der Waals surface area contributed by atoms with E-state index in [9.17, 15) is 5.11 Å². The minimum absolute atomic E-state index is 0.346. The van der Waals surface area contributed by atoms with Gasteiger partial charge >= 0.3 is 0 Å². The first-order chi connectivity index (χ1) is 7.65. The van der Waals surface area contributed by atoms with Gasteiger partial charge in [0.15, 0.2) is 0 Å². The molecular formula is C13H18ClNO. The second kappa shape index (κ2) is 5.17. The monoisotopic (exact) mass is 239 g/mol. The molecular weight excluding hydrogens is 222 g/mol. The molecule has 0 aromatic heterocycles. The first-order valence-electron chi connectivity index (χ1n) is 5.81. The van der Waals surface area contributed by atoms with Crippen LogP contribution < -0.4 is 5.32 Å². The Morgan fingerprint density at radius 3 is 2.88 bits per heavy atom. The van der Waals surface area contributed by atoms with Gasteiger partial charge < -0.3 is 10.4 Å². The van der Waals surface area contributed by atoms with Gasteiger partial charge in [-0.3, -0.25) is 0 Å². The lowest BCUT2D eigenvalue weighted by molar-refractivity contribution is 0.171. The van der Waals surface area contributed by atoms with Crippen LogP contribution in [0.3, 0.4) is 0 Å². The minimum atomic E-state index is -0.346. The molecule has 1 fully saturated rings. The number of aliphatic hydroxyl groups is 1. The van der Waals surface area contributed by atoms with E-state index in [0.29, 0.717) is 19.0 Å². The van der Waals surface area contributed by atoms with Gasteiger partial charge in [-0.15, -0.1) is 0 Å². The van der Waals surface area contributed by atoms with E-state index in [4.69, 9.17) is 11.6 Å². The molecule has 0 bridgehead atoms. The van der Waals surface area contributed by atoms with Crippen molar-refractivity contribution in [3.8, 4) is 0 Å². The highest BCUT2D eigenvalue weighted by Crippen LogP contribution is 2.20. The number of rotatable bonds is 5. The molecule has 1 saturated carbocycles. The second-order valence-electron chi connectivity index (χ2n) is 4.64. The molecule has 2 nitrogen and oxygen atoms in total. The topological polar surface area (TPSA) is 32.3 Å². The molecule has 1 atom stereocenters. The molecule has 2 rings (SSSR count). The predicted molar refractivity (Wildman–Crippen MR) is 66.9 cm³/mol. The van der Waals surface area contributed by atoms with Crippen LogP contribution in [-0.2, 0) is 6.42 Å². The van der Waals surface area contributed by atoms with Crippen molar-refractivity contribution in [1.29, 1.82) is 0 Å². The van der Waals surface area contributed by atoms with Crippen molar-refractivity contribution in [2.24, 2.45) is 0 Å². The standard InChI is InChI=1S/C13H18ClNO/c1-9-2-3-10(13(14)6-9)7-12(16)8-15-11-4-5-11/h2-3,6,11-12,15-16H,4-5,7-8H2,1H3. The van der Waals surface area contributed by atoms with E-state index in [2.05, 4.69) is 5.32 Å². The van der Waals surface area contributed by atoms with Crippen LogP contribution in [0.15, 0.2) is 18.2 Å². The molecule has 0 spiro atoms. The van der Waals surface area contributed by atoms with Gasteiger partial charge in [0, 0.05) is 24.0 Å². The van der Waals surface area contributed by atoms with E-state index >= 15 is 0 Å². The fourth-order valence-electron chi connectivity index (χ4n) is 1.73. The molecule has 0 amide bonds. The van der Waals surface area contributed by atoms with E-state index in [1.54, 1.807) is 0 Å². The third-order valence-corrected chi connectivity index (χ3v) is 3.24. The smallest absolute Gasteiger partial charge is 0.0705 e. The number of hydrogen-bond donors (Lipinski definition) is 2. The Morgan fingerprint density at radius 1 is 1.50 bits per heavy atom. The molecule has 1 unspecified atom stereocenters. The van der Waals surface area contributed by atoms with Gasteiger partial charge in [0.25, 0.3) is 0 Å². The van der Waals surface area contributed by atoms with Gasteiger partial charge in [-0.25, -0.2) is 0 Å². The zero-order chi connectivity index (χ0) is 11.5. The molecule has 16 heavy (non-hydrogen) atoms. The maximum absolute atomic E-state index is 9.85. The number of benzene rings is 1. The molecule has 1 aliphatic rings. The van der Waals surface area contributed by atoms with Crippen LogP contribution in [0, 0.1) is 6.92 Å². The first-order valence-corrected chi connectivity index (χ1v) is 6.19. The molecule has 88 valence electrons. The van der Waals surface area contributed by atoms with E-state index in [1.807, 2.05) is 25.1 Å². The van der Waals surface area contributed by atoms with Crippen LogP contribution in [0.1, 0.15) is 24.0 Å². The summed E-state index contributed by atoms with van der Waals surface area (Å²) in [4.78, 5) is 0. The average molecular weight is 240 g/mol. The van der Waals surface area contributed by atoms with Crippen LogP contribution in [0.4, 0.5) is 0 Å². The summed E-state index contributed by atoms with van der Waals surface area (Å²) in [5.41, 5.74) is 2.18. The highest BCUT2D eigenvalue weighted by Gasteiger charge is 2.21. The summed E-state index contributed by atoms with van der Waals surface area (Å²) in [6.07, 6.45) is 2.77. The Labute approximate surface area is 102 Å². The lowest BCUT2D eigenvalue weighted by Gasteiger charge is -2.12. The highest BCUT2D eigenvalue weighted by molar-refractivity contribution is 6.31. The molecule has 1 aliphatic carbocycles. The van der Waals surface area contributed by atoms with Gasteiger partial charge in [-0.05, 0) is 37.0 Å². The quantitative estimate of drug-likeness (QED) is 0.827. The molecule has 0 aliphatic heterocycles. The van der Waals surface area contributed by atoms with Gasteiger partial charge in [0.2, 0.25) is 0 Å². The van der Waals surface area contributed by atoms with Crippen LogP contribution in [0.5, 0.6) is 0 Å². The third-order valence-electron chi connectivity index (χ3n) is 2.88. The summed E-state index contributed by atoms with van der Waals surface area (Å²) in [6.45, 7) is 2.68. The zero-order valence-corrected chi connectivity index (χ0v) is 10.3. The third kappa shape index (κ3) is 3.48. The first kappa shape index (κ1) is 11.9. The van der Waals surface area contributed by atoms with Crippen LogP contribution in [0.25, 0.3) is 0 Å². The summed E-state index contributed by atoms with van der Waals surface area (Å²) in [6, 6.07) is 6.61. The largest absolute Gasteiger partial charge is 0.391 e. The minimum Gasteiger partial charge on any atom is -0.391 e. The van der Waals surface area contributed by atoms with Crippen molar-refractivity contribution in [2.45, 2.75) is 38.3 Å². The average Bonchev–Trinajstić information content (AvgIpc) is 3.03. The summed E-state index contributed by atoms with van der Waals surface area (Å²) in [5.74, 6) is 0. The van der Waals surface area contributed by atoms with Gasteiger partial charge in [0.05, 0.1) is 6.10 Å². The van der Waals surface area contributed by atoms with Crippen LogP contribution >= 0.6 is 11.6 Å². The normalized spacial score (nSPS) is 17.4. The number of aliphatic hydroxyl groups excluding tert-OH is 1. The maximum Gasteiger partial charge on any atom is 0.0705 e.